The fourth-order valence-corrected chi connectivity index (χ4v) is 3.19. The van der Waals surface area contributed by atoms with Crippen molar-refractivity contribution in [1.82, 2.24) is 9.78 Å². The average Bonchev–Trinajstić information content (AvgIpc) is 2.93. The number of hydrogen-bond acceptors (Lipinski definition) is 2. The number of rotatable bonds is 4. The van der Waals surface area contributed by atoms with Crippen molar-refractivity contribution in [3.05, 3.63) is 81.1 Å². The highest BCUT2D eigenvalue weighted by Crippen LogP contribution is 2.36. The lowest BCUT2D eigenvalue weighted by atomic mass is 10.1. The second-order valence-corrected chi connectivity index (χ2v) is 7.34. The summed E-state index contributed by atoms with van der Waals surface area (Å²) < 4.78 is 41.7. The number of aromatic nitrogens is 2. The van der Waals surface area contributed by atoms with Crippen molar-refractivity contribution in [1.29, 1.82) is 0 Å². The number of amides is 1. The lowest BCUT2D eigenvalue weighted by Crippen LogP contribution is -2.16. The van der Waals surface area contributed by atoms with Gasteiger partial charge in [0.1, 0.15) is 0 Å². The Bertz CT molecular complexity index is 1010. The quantitative estimate of drug-likeness (QED) is 0.562. The van der Waals surface area contributed by atoms with Crippen LogP contribution in [0.1, 0.15) is 32.9 Å². The summed E-state index contributed by atoms with van der Waals surface area (Å²) in [4.78, 5) is 12.4. The summed E-state index contributed by atoms with van der Waals surface area (Å²) in [5, 5.41) is 6.73. The maximum atomic E-state index is 13.2. The average molecular weight is 452 g/mol. The van der Waals surface area contributed by atoms with Gasteiger partial charge in [-0.05, 0) is 55.8 Å². The van der Waals surface area contributed by atoms with E-state index >= 15 is 0 Å². The summed E-state index contributed by atoms with van der Waals surface area (Å²) in [6.07, 6.45) is -4.57. The maximum absolute atomic E-state index is 13.2. The molecule has 0 aliphatic carbocycles. The number of benzene rings is 2. The first kappa shape index (κ1) is 20.1. The Morgan fingerprint density at radius 3 is 2.36 bits per heavy atom. The molecule has 146 valence electrons. The molecule has 1 heterocycles. The molecule has 3 rings (SSSR count). The standard InChI is InChI=1S/C20H17BrF3N3O/c1-12-9-13(2)27(26-12)11-14-3-5-15(6-4-14)19(28)25-18-8-7-16(21)10-17(18)20(22,23)24/h3-10H,11H2,1-2H3,(H,25,28). The summed E-state index contributed by atoms with van der Waals surface area (Å²) >= 11 is 3.02. The number of carbonyl (C=O) groups excluding carboxylic acids is 1. The predicted molar refractivity (Wildman–Crippen MR) is 104 cm³/mol. The molecule has 0 aliphatic rings. The van der Waals surface area contributed by atoms with Crippen LogP contribution >= 0.6 is 15.9 Å². The van der Waals surface area contributed by atoms with E-state index in [1.165, 1.54) is 12.1 Å². The molecule has 0 aliphatic heterocycles. The number of anilines is 1. The zero-order valence-electron chi connectivity index (χ0n) is 15.1. The summed E-state index contributed by atoms with van der Waals surface area (Å²) in [5.41, 5.74) is 1.96. The number of alkyl halides is 3. The van der Waals surface area contributed by atoms with Gasteiger partial charge in [-0.25, -0.2) is 0 Å². The van der Waals surface area contributed by atoms with Gasteiger partial charge in [0.2, 0.25) is 0 Å². The molecule has 0 spiro atoms. The van der Waals surface area contributed by atoms with Crippen molar-refractivity contribution >= 4 is 27.5 Å². The SMILES string of the molecule is Cc1cc(C)n(Cc2ccc(C(=O)Nc3ccc(Br)cc3C(F)(F)F)cc2)n1. The number of aryl methyl sites for hydroxylation is 2. The Hall–Kier alpha value is -2.61. The molecule has 1 aromatic heterocycles. The van der Waals surface area contributed by atoms with Crippen LogP contribution in [0.25, 0.3) is 0 Å². The second-order valence-electron chi connectivity index (χ2n) is 6.42. The Labute approximate surface area is 168 Å². The normalized spacial score (nSPS) is 11.5. The van der Waals surface area contributed by atoms with E-state index in [4.69, 9.17) is 0 Å². The number of nitrogens with zero attached hydrogens (tertiary/aromatic N) is 2. The van der Waals surface area contributed by atoms with Gasteiger partial charge in [0.25, 0.3) is 5.91 Å². The van der Waals surface area contributed by atoms with Gasteiger partial charge >= 0.3 is 6.18 Å². The lowest BCUT2D eigenvalue weighted by Gasteiger charge is -2.14. The molecule has 28 heavy (non-hydrogen) atoms. The summed E-state index contributed by atoms with van der Waals surface area (Å²) in [6.45, 7) is 4.42. The van der Waals surface area contributed by atoms with Crippen molar-refractivity contribution in [2.75, 3.05) is 5.32 Å². The van der Waals surface area contributed by atoms with Gasteiger partial charge in [-0.1, -0.05) is 28.1 Å². The lowest BCUT2D eigenvalue weighted by molar-refractivity contribution is -0.136. The van der Waals surface area contributed by atoms with Crippen molar-refractivity contribution in [2.24, 2.45) is 0 Å². The summed E-state index contributed by atoms with van der Waals surface area (Å²) in [5.74, 6) is -0.606. The van der Waals surface area contributed by atoms with Crippen LogP contribution < -0.4 is 5.32 Å². The molecule has 0 bridgehead atoms. The molecule has 0 atom stereocenters. The van der Waals surface area contributed by atoms with Crippen LogP contribution in [0, 0.1) is 13.8 Å². The van der Waals surface area contributed by atoms with E-state index in [1.807, 2.05) is 24.6 Å². The molecule has 0 saturated carbocycles. The highest BCUT2D eigenvalue weighted by atomic mass is 79.9. The minimum Gasteiger partial charge on any atom is -0.321 e. The van der Waals surface area contributed by atoms with Crippen LogP contribution in [0.3, 0.4) is 0 Å². The van der Waals surface area contributed by atoms with Crippen LogP contribution in [-0.4, -0.2) is 15.7 Å². The van der Waals surface area contributed by atoms with Crippen LogP contribution in [0.2, 0.25) is 0 Å². The molecule has 3 aromatic rings. The molecule has 0 saturated heterocycles. The van der Waals surface area contributed by atoms with E-state index in [2.05, 4.69) is 26.3 Å². The van der Waals surface area contributed by atoms with Crippen molar-refractivity contribution in [3.8, 4) is 0 Å². The topological polar surface area (TPSA) is 46.9 Å². The second kappa shape index (κ2) is 7.79. The van der Waals surface area contributed by atoms with Crippen molar-refractivity contribution in [3.63, 3.8) is 0 Å². The van der Waals surface area contributed by atoms with Crippen LogP contribution in [0.4, 0.5) is 18.9 Å². The highest BCUT2D eigenvalue weighted by molar-refractivity contribution is 9.10. The van der Waals surface area contributed by atoms with E-state index in [0.29, 0.717) is 6.54 Å². The maximum Gasteiger partial charge on any atom is 0.418 e. The third-order valence-corrected chi connectivity index (χ3v) is 4.68. The molecule has 2 aromatic carbocycles. The predicted octanol–water partition coefficient (Wildman–Crippen LogP) is 5.58. The van der Waals surface area contributed by atoms with Gasteiger partial charge in [-0.15, -0.1) is 0 Å². The first-order valence-corrected chi connectivity index (χ1v) is 9.21. The number of hydrogen-bond donors (Lipinski definition) is 1. The van der Waals surface area contributed by atoms with E-state index in [1.54, 1.807) is 24.3 Å². The summed E-state index contributed by atoms with van der Waals surface area (Å²) in [6, 6.07) is 12.3. The third-order valence-electron chi connectivity index (χ3n) is 4.19. The fourth-order valence-electron chi connectivity index (χ4n) is 2.82. The largest absolute Gasteiger partial charge is 0.418 e. The van der Waals surface area contributed by atoms with E-state index in [-0.39, 0.29) is 15.7 Å². The molecule has 0 fully saturated rings. The third kappa shape index (κ3) is 4.62. The smallest absolute Gasteiger partial charge is 0.321 e. The van der Waals surface area contributed by atoms with Crippen LogP contribution in [0.15, 0.2) is 53.0 Å². The zero-order valence-corrected chi connectivity index (χ0v) is 16.7. The molecule has 0 unspecified atom stereocenters. The van der Waals surface area contributed by atoms with Crippen molar-refractivity contribution < 1.29 is 18.0 Å². The van der Waals surface area contributed by atoms with E-state index in [0.717, 1.165) is 23.0 Å². The van der Waals surface area contributed by atoms with E-state index < -0.39 is 17.6 Å². The van der Waals surface area contributed by atoms with Gasteiger partial charge in [0.05, 0.1) is 23.5 Å². The van der Waals surface area contributed by atoms with Gasteiger partial charge < -0.3 is 5.32 Å². The highest BCUT2D eigenvalue weighted by Gasteiger charge is 2.34. The van der Waals surface area contributed by atoms with Gasteiger partial charge in [-0.3, -0.25) is 9.48 Å². The first-order chi connectivity index (χ1) is 13.1. The van der Waals surface area contributed by atoms with Gasteiger partial charge in [0.15, 0.2) is 0 Å². The molecule has 1 N–H and O–H groups in total. The van der Waals surface area contributed by atoms with Crippen molar-refractivity contribution in [2.45, 2.75) is 26.6 Å². The molecule has 8 heteroatoms. The Balaban J connectivity index is 1.76. The number of nitrogens with one attached hydrogen (secondary N) is 1. The number of carbonyl (C=O) groups is 1. The van der Waals surface area contributed by atoms with Crippen LogP contribution in [0.5, 0.6) is 0 Å². The van der Waals surface area contributed by atoms with E-state index in [9.17, 15) is 18.0 Å². The molecular formula is C20H17BrF3N3O. The molecular weight excluding hydrogens is 435 g/mol. The Morgan fingerprint density at radius 1 is 1.11 bits per heavy atom. The summed E-state index contributed by atoms with van der Waals surface area (Å²) in [7, 11) is 0. The monoisotopic (exact) mass is 451 g/mol. The fraction of sp³-hybridized carbons (Fsp3) is 0.200. The first-order valence-electron chi connectivity index (χ1n) is 8.41. The molecule has 4 nitrogen and oxygen atoms in total. The Morgan fingerprint density at radius 2 is 1.79 bits per heavy atom. The molecule has 0 radical (unpaired) electrons. The van der Waals surface area contributed by atoms with Gasteiger partial charge in [-0.2, -0.15) is 18.3 Å². The Kier molecular flexibility index (Phi) is 5.60. The van der Waals surface area contributed by atoms with Gasteiger partial charge in [0, 0.05) is 15.7 Å². The zero-order chi connectivity index (χ0) is 20.5. The number of halogens is 4. The molecule has 1 amide bonds. The minimum absolute atomic E-state index is 0.271. The van der Waals surface area contributed by atoms with Crippen LogP contribution in [-0.2, 0) is 12.7 Å². The minimum atomic E-state index is -4.57.